The van der Waals surface area contributed by atoms with Crippen LogP contribution in [0.15, 0.2) is 42.5 Å². The Morgan fingerprint density at radius 3 is 2.69 bits per heavy atom. The van der Waals surface area contributed by atoms with Crippen LogP contribution in [0.3, 0.4) is 0 Å². The highest BCUT2D eigenvalue weighted by atomic mass is 35.5. The number of hydrogen-bond donors (Lipinski definition) is 0. The molecule has 26 heavy (non-hydrogen) atoms. The molecular formula is C20H20ClNO4. The van der Waals surface area contributed by atoms with Crippen molar-refractivity contribution in [3.8, 4) is 5.75 Å². The Labute approximate surface area is 157 Å². The van der Waals surface area contributed by atoms with Crippen molar-refractivity contribution in [1.82, 2.24) is 0 Å². The van der Waals surface area contributed by atoms with Crippen molar-refractivity contribution in [2.45, 2.75) is 19.1 Å². The topological polar surface area (TPSA) is 48.0 Å². The second-order valence-electron chi connectivity index (χ2n) is 6.37. The summed E-state index contributed by atoms with van der Waals surface area (Å²) in [6.07, 6.45) is 0.667. The van der Waals surface area contributed by atoms with E-state index in [1.54, 1.807) is 11.0 Å². The van der Waals surface area contributed by atoms with Crippen molar-refractivity contribution in [2.75, 3.05) is 31.3 Å². The number of anilines is 1. The van der Waals surface area contributed by atoms with Gasteiger partial charge >= 0.3 is 0 Å². The van der Waals surface area contributed by atoms with Gasteiger partial charge in [0.25, 0.3) is 11.7 Å². The van der Waals surface area contributed by atoms with Gasteiger partial charge in [-0.2, -0.15) is 0 Å². The van der Waals surface area contributed by atoms with Crippen LogP contribution in [0.25, 0.3) is 0 Å². The predicted molar refractivity (Wildman–Crippen MR) is 98.7 cm³/mol. The summed E-state index contributed by atoms with van der Waals surface area (Å²) in [6, 6.07) is 13.2. The van der Waals surface area contributed by atoms with E-state index in [1.165, 1.54) is 0 Å². The van der Waals surface area contributed by atoms with E-state index in [9.17, 15) is 4.79 Å². The number of rotatable bonds is 5. The van der Waals surface area contributed by atoms with E-state index >= 15 is 0 Å². The molecule has 0 aliphatic carbocycles. The Hall–Kier alpha value is -2.08. The van der Waals surface area contributed by atoms with Gasteiger partial charge in [-0.05, 0) is 31.0 Å². The molecule has 5 nitrogen and oxygen atoms in total. The standard InChI is InChI=1S/C20H20ClNO4/c1-14-6-4-7-15-18(14)22(19(23)20(15)25-12-13-26-20)10-5-11-24-17-9-3-2-8-16(17)21/h2-4,6-9H,5,10-13H2,1H3. The zero-order chi connectivity index (χ0) is 18.1. The molecule has 6 heteroatoms. The number of benzene rings is 2. The third-order valence-corrected chi connectivity index (χ3v) is 5.02. The molecule has 0 saturated carbocycles. The molecule has 136 valence electrons. The summed E-state index contributed by atoms with van der Waals surface area (Å²) in [5, 5.41) is 0.581. The number of para-hydroxylation sites is 2. The summed E-state index contributed by atoms with van der Waals surface area (Å²) in [5.41, 5.74) is 2.71. The van der Waals surface area contributed by atoms with Gasteiger partial charge in [-0.3, -0.25) is 4.79 Å². The zero-order valence-electron chi connectivity index (χ0n) is 14.5. The Morgan fingerprint density at radius 2 is 1.92 bits per heavy atom. The van der Waals surface area contributed by atoms with Crippen molar-refractivity contribution in [3.05, 3.63) is 58.6 Å². The number of fused-ring (bicyclic) bond motifs is 2. The lowest BCUT2D eigenvalue weighted by Gasteiger charge is -2.22. The molecule has 0 unspecified atom stereocenters. The molecule has 2 aliphatic rings. The van der Waals surface area contributed by atoms with E-state index in [1.807, 2.05) is 43.3 Å². The lowest BCUT2D eigenvalue weighted by molar-refractivity contribution is -0.180. The SMILES string of the molecule is Cc1cccc2c1N(CCCOc1ccccc1Cl)C(=O)C21OCCO1. The number of amides is 1. The highest BCUT2D eigenvalue weighted by Gasteiger charge is 2.56. The molecule has 1 saturated heterocycles. The van der Waals surface area contributed by atoms with Crippen LogP contribution in [0.1, 0.15) is 17.5 Å². The minimum Gasteiger partial charge on any atom is -0.492 e. The van der Waals surface area contributed by atoms with E-state index in [2.05, 4.69) is 0 Å². The van der Waals surface area contributed by atoms with Gasteiger partial charge in [0.2, 0.25) is 0 Å². The first-order valence-corrected chi connectivity index (χ1v) is 9.08. The molecule has 4 rings (SSSR count). The van der Waals surface area contributed by atoms with E-state index < -0.39 is 5.79 Å². The summed E-state index contributed by atoms with van der Waals surface area (Å²) in [4.78, 5) is 14.8. The molecule has 1 amide bonds. The number of ether oxygens (including phenoxy) is 3. The summed E-state index contributed by atoms with van der Waals surface area (Å²) >= 11 is 6.10. The maximum absolute atomic E-state index is 13.1. The summed E-state index contributed by atoms with van der Waals surface area (Å²) in [6.45, 7) is 3.82. The van der Waals surface area contributed by atoms with E-state index in [0.29, 0.717) is 43.6 Å². The molecule has 0 bridgehead atoms. The fourth-order valence-corrected chi connectivity index (χ4v) is 3.74. The number of nitrogens with zero attached hydrogens (tertiary/aromatic N) is 1. The van der Waals surface area contributed by atoms with Crippen molar-refractivity contribution < 1.29 is 19.0 Å². The van der Waals surface area contributed by atoms with Crippen LogP contribution in [-0.2, 0) is 20.1 Å². The highest BCUT2D eigenvalue weighted by Crippen LogP contribution is 2.47. The second-order valence-corrected chi connectivity index (χ2v) is 6.78. The third kappa shape index (κ3) is 2.76. The van der Waals surface area contributed by atoms with Gasteiger partial charge in [-0.25, -0.2) is 0 Å². The number of aryl methyl sites for hydroxylation is 1. The normalized spacial score (nSPS) is 17.8. The van der Waals surface area contributed by atoms with Crippen LogP contribution in [0.5, 0.6) is 5.75 Å². The molecule has 0 radical (unpaired) electrons. The first-order valence-electron chi connectivity index (χ1n) is 8.71. The maximum Gasteiger partial charge on any atom is 0.292 e. The minimum absolute atomic E-state index is 0.156. The first-order chi connectivity index (χ1) is 12.6. The molecule has 0 aromatic heterocycles. The Balaban J connectivity index is 1.49. The van der Waals surface area contributed by atoms with Crippen molar-refractivity contribution >= 4 is 23.2 Å². The average Bonchev–Trinajstić information content (AvgIpc) is 3.22. The number of halogens is 1. The molecule has 2 aromatic rings. The fourth-order valence-electron chi connectivity index (χ4n) is 3.55. The monoisotopic (exact) mass is 373 g/mol. The van der Waals surface area contributed by atoms with E-state index in [0.717, 1.165) is 16.8 Å². The molecule has 0 N–H and O–H groups in total. The predicted octanol–water partition coefficient (Wildman–Crippen LogP) is 3.66. The van der Waals surface area contributed by atoms with Crippen LogP contribution >= 0.6 is 11.6 Å². The van der Waals surface area contributed by atoms with Crippen LogP contribution in [0.2, 0.25) is 5.02 Å². The molecule has 2 aromatic carbocycles. The Kier molecular flexibility index (Phi) is 4.61. The first kappa shape index (κ1) is 17.3. The van der Waals surface area contributed by atoms with Crippen LogP contribution in [-0.4, -0.2) is 32.3 Å². The van der Waals surface area contributed by atoms with Gasteiger partial charge in [0.1, 0.15) is 5.75 Å². The smallest absolute Gasteiger partial charge is 0.292 e. The lowest BCUT2D eigenvalue weighted by atomic mass is 10.0. The van der Waals surface area contributed by atoms with Crippen molar-refractivity contribution in [1.29, 1.82) is 0 Å². The van der Waals surface area contributed by atoms with Gasteiger partial charge in [-0.15, -0.1) is 0 Å². The molecule has 1 spiro atoms. The fraction of sp³-hybridized carbons (Fsp3) is 0.350. The lowest BCUT2D eigenvalue weighted by Crippen LogP contribution is -2.41. The van der Waals surface area contributed by atoms with Crippen LogP contribution in [0, 0.1) is 6.92 Å². The number of carbonyl (C=O) groups is 1. The zero-order valence-corrected chi connectivity index (χ0v) is 15.3. The second kappa shape index (κ2) is 6.91. The molecular weight excluding hydrogens is 354 g/mol. The van der Waals surface area contributed by atoms with Gasteiger partial charge in [0.15, 0.2) is 0 Å². The average molecular weight is 374 g/mol. The van der Waals surface area contributed by atoms with Crippen LogP contribution in [0.4, 0.5) is 5.69 Å². The van der Waals surface area contributed by atoms with Gasteiger partial charge < -0.3 is 19.1 Å². The summed E-state index contributed by atoms with van der Waals surface area (Å²) in [5.74, 6) is -0.778. The molecule has 1 fully saturated rings. The van der Waals surface area contributed by atoms with Crippen LogP contribution < -0.4 is 9.64 Å². The Bertz CT molecular complexity index is 832. The third-order valence-electron chi connectivity index (χ3n) is 4.70. The number of hydrogen-bond acceptors (Lipinski definition) is 4. The summed E-state index contributed by atoms with van der Waals surface area (Å²) in [7, 11) is 0. The maximum atomic E-state index is 13.1. The van der Waals surface area contributed by atoms with Gasteiger partial charge in [0, 0.05) is 12.1 Å². The minimum atomic E-state index is -1.27. The molecule has 2 heterocycles. The van der Waals surface area contributed by atoms with Crippen molar-refractivity contribution in [3.63, 3.8) is 0 Å². The Morgan fingerprint density at radius 1 is 1.15 bits per heavy atom. The number of carbonyl (C=O) groups excluding carboxylic acids is 1. The van der Waals surface area contributed by atoms with E-state index in [4.69, 9.17) is 25.8 Å². The largest absolute Gasteiger partial charge is 0.492 e. The van der Waals surface area contributed by atoms with Gasteiger partial charge in [-0.1, -0.05) is 41.9 Å². The molecule has 2 aliphatic heterocycles. The van der Waals surface area contributed by atoms with Gasteiger partial charge in [0.05, 0.1) is 30.5 Å². The van der Waals surface area contributed by atoms with E-state index in [-0.39, 0.29) is 5.91 Å². The quantitative estimate of drug-likeness (QED) is 0.750. The highest BCUT2D eigenvalue weighted by molar-refractivity contribution is 6.32. The molecule has 0 atom stereocenters. The summed E-state index contributed by atoms with van der Waals surface area (Å²) < 4.78 is 17.2. The van der Waals surface area contributed by atoms with Crippen molar-refractivity contribution in [2.24, 2.45) is 0 Å².